The van der Waals surface area contributed by atoms with E-state index in [1.807, 2.05) is 0 Å². The van der Waals surface area contributed by atoms with Crippen molar-refractivity contribution in [3.05, 3.63) is 47.8 Å². The van der Waals surface area contributed by atoms with E-state index in [4.69, 9.17) is 4.74 Å². The Kier molecular flexibility index (Phi) is 5.69. The first-order chi connectivity index (χ1) is 10.6. The van der Waals surface area contributed by atoms with Gasteiger partial charge >= 0.3 is 5.97 Å². The number of hydrogen-bond donors (Lipinski definition) is 0. The Balaban J connectivity index is 1.85. The molecule has 0 spiro atoms. The number of nitrogens with zero attached hydrogens (tertiary/aromatic N) is 1. The van der Waals surface area contributed by atoms with Crippen LogP contribution in [0, 0.1) is 5.82 Å². The molecule has 2 rings (SSSR count). The third kappa shape index (κ3) is 4.41. The fraction of sp³-hybridized carbons (Fsp3) is 0.412. The van der Waals surface area contributed by atoms with Crippen LogP contribution in [-0.4, -0.2) is 36.5 Å². The molecule has 0 N–H and O–H groups in total. The van der Waals surface area contributed by atoms with Crippen LogP contribution in [0.25, 0.3) is 0 Å². The summed E-state index contributed by atoms with van der Waals surface area (Å²) in [5, 5.41) is 0. The molecule has 0 atom stereocenters. The summed E-state index contributed by atoms with van der Waals surface area (Å²) in [6, 6.07) is 6.54. The predicted octanol–water partition coefficient (Wildman–Crippen LogP) is 2.65. The largest absolute Gasteiger partial charge is 0.463 e. The first-order valence-electron chi connectivity index (χ1n) is 7.49. The maximum Gasteiger partial charge on any atom is 0.330 e. The zero-order chi connectivity index (χ0) is 15.9. The molecular formula is C17H20FNO3. The van der Waals surface area contributed by atoms with Crippen LogP contribution >= 0.6 is 0 Å². The highest BCUT2D eigenvalue weighted by Gasteiger charge is 2.22. The van der Waals surface area contributed by atoms with Crippen LogP contribution < -0.4 is 0 Å². The number of halogens is 1. The van der Waals surface area contributed by atoms with Crippen molar-refractivity contribution in [3.63, 3.8) is 0 Å². The molecule has 1 aromatic rings. The van der Waals surface area contributed by atoms with Gasteiger partial charge in [0, 0.05) is 25.2 Å². The van der Waals surface area contributed by atoms with E-state index in [2.05, 4.69) is 0 Å². The van der Waals surface area contributed by atoms with E-state index in [1.54, 1.807) is 24.0 Å². The minimum atomic E-state index is -0.503. The Morgan fingerprint density at radius 3 is 2.45 bits per heavy atom. The van der Waals surface area contributed by atoms with Crippen molar-refractivity contribution < 1.29 is 18.7 Å². The van der Waals surface area contributed by atoms with Crippen LogP contribution in [-0.2, 0) is 14.3 Å². The van der Waals surface area contributed by atoms with E-state index >= 15 is 0 Å². The number of likely N-dealkylation sites (tertiary alicyclic amines) is 1. The second-order valence-corrected chi connectivity index (χ2v) is 5.24. The lowest BCUT2D eigenvalue weighted by atomic mass is 9.89. The number of benzene rings is 1. The highest BCUT2D eigenvalue weighted by Crippen LogP contribution is 2.28. The Bertz CT molecular complexity index is 546. The molecule has 0 radical (unpaired) electrons. The van der Waals surface area contributed by atoms with Crippen molar-refractivity contribution in [1.29, 1.82) is 0 Å². The number of ether oxygens (including phenoxy) is 1. The van der Waals surface area contributed by atoms with Gasteiger partial charge in [-0.2, -0.15) is 0 Å². The van der Waals surface area contributed by atoms with Gasteiger partial charge in [0.2, 0.25) is 5.91 Å². The number of rotatable bonds is 4. The van der Waals surface area contributed by atoms with E-state index in [-0.39, 0.29) is 11.7 Å². The Hall–Kier alpha value is -2.17. The molecule has 0 bridgehead atoms. The first kappa shape index (κ1) is 16.2. The van der Waals surface area contributed by atoms with Crippen LogP contribution in [0.2, 0.25) is 0 Å². The fourth-order valence-corrected chi connectivity index (χ4v) is 2.60. The molecule has 5 heteroatoms. The Morgan fingerprint density at radius 2 is 1.86 bits per heavy atom. The summed E-state index contributed by atoms with van der Waals surface area (Å²) in [6.45, 7) is 3.27. The third-order valence-electron chi connectivity index (χ3n) is 3.80. The molecule has 1 aromatic carbocycles. The van der Waals surface area contributed by atoms with Gasteiger partial charge in [0.05, 0.1) is 6.61 Å². The molecule has 0 aromatic heterocycles. The van der Waals surface area contributed by atoms with E-state index in [9.17, 15) is 14.0 Å². The van der Waals surface area contributed by atoms with E-state index in [1.165, 1.54) is 18.2 Å². The Morgan fingerprint density at radius 1 is 1.23 bits per heavy atom. The summed E-state index contributed by atoms with van der Waals surface area (Å²) in [7, 11) is 0. The van der Waals surface area contributed by atoms with E-state index in [0.717, 1.165) is 24.5 Å². The molecule has 118 valence electrons. The van der Waals surface area contributed by atoms with Crippen molar-refractivity contribution in [3.8, 4) is 0 Å². The van der Waals surface area contributed by atoms with Gasteiger partial charge in [0.25, 0.3) is 0 Å². The topological polar surface area (TPSA) is 46.6 Å². The fourth-order valence-electron chi connectivity index (χ4n) is 2.60. The molecule has 1 heterocycles. The number of esters is 1. The standard InChI is InChI=1S/C17H20FNO3/c1-2-22-17(21)8-7-16(20)19-11-9-14(10-12-19)13-3-5-15(18)6-4-13/h3-8,14H,2,9-12H2,1H3/b8-7+. The average molecular weight is 305 g/mol. The molecule has 22 heavy (non-hydrogen) atoms. The van der Waals surface area contributed by atoms with E-state index in [0.29, 0.717) is 25.6 Å². The summed E-state index contributed by atoms with van der Waals surface area (Å²) in [5.74, 6) is -0.568. The van der Waals surface area contributed by atoms with Gasteiger partial charge in [-0.05, 0) is 43.4 Å². The maximum atomic E-state index is 12.9. The van der Waals surface area contributed by atoms with Crippen molar-refractivity contribution in [2.24, 2.45) is 0 Å². The molecule has 4 nitrogen and oxygen atoms in total. The van der Waals surface area contributed by atoms with Gasteiger partial charge < -0.3 is 9.64 Å². The molecule has 0 aliphatic carbocycles. The second-order valence-electron chi connectivity index (χ2n) is 5.24. The monoisotopic (exact) mass is 305 g/mol. The van der Waals surface area contributed by atoms with Crippen molar-refractivity contribution in [2.45, 2.75) is 25.7 Å². The second kappa shape index (κ2) is 7.73. The van der Waals surface area contributed by atoms with Crippen molar-refractivity contribution in [2.75, 3.05) is 19.7 Å². The Labute approximate surface area is 129 Å². The summed E-state index contributed by atoms with van der Waals surface area (Å²) < 4.78 is 17.7. The quantitative estimate of drug-likeness (QED) is 0.634. The minimum absolute atomic E-state index is 0.175. The lowest BCUT2D eigenvalue weighted by Gasteiger charge is -2.31. The lowest BCUT2D eigenvalue weighted by molar-refractivity contribution is -0.137. The van der Waals surface area contributed by atoms with Crippen LogP contribution in [0.15, 0.2) is 36.4 Å². The van der Waals surface area contributed by atoms with Gasteiger partial charge in [-0.1, -0.05) is 12.1 Å². The minimum Gasteiger partial charge on any atom is -0.463 e. The molecular weight excluding hydrogens is 285 g/mol. The molecule has 1 fully saturated rings. The van der Waals surface area contributed by atoms with Crippen molar-refractivity contribution >= 4 is 11.9 Å². The summed E-state index contributed by atoms with van der Waals surface area (Å²) in [6.07, 6.45) is 4.10. The number of amides is 1. The SMILES string of the molecule is CCOC(=O)/C=C/C(=O)N1CCC(c2ccc(F)cc2)CC1. The number of piperidine rings is 1. The third-order valence-corrected chi connectivity index (χ3v) is 3.80. The summed E-state index contributed by atoms with van der Waals surface area (Å²) in [5.41, 5.74) is 1.11. The van der Waals surface area contributed by atoms with Gasteiger partial charge in [-0.15, -0.1) is 0 Å². The van der Waals surface area contributed by atoms with Crippen LogP contribution in [0.5, 0.6) is 0 Å². The molecule has 1 saturated heterocycles. The number of hydrogen-bond acceptors (Lipinski definition) is 3. The zero-order valence-electron chi connectivity index (χ0n) is 12.6. The van der Waals surface area contributed by atoms with E-state index < -0.39 is 5.97 Å². The number of carbonyl (C=O) groups excluding carboxylic acids is 2. The number of carbonyl (C=O) groups is 2. The van der Waals surface area contributed by atoms with Gasteiger partial charge in [0.15, 0.2) is 0 Å². The lowest BCUT2D eigenvalue weighted by Crippen LogP contribution is -2.37. The molecule has 0 saturated carbocycles. The molecule has 0 unspecified atom stereocenters. The van der Waals surface area contributed by atoms with Gasteiger partial charge in [0.1, 0.15) is 5.82 Å². The smallest absolute Gasteiger partial charge is 0.330 e. The zero-order valence-corrected chi connectivity index (χ0v) is 12.6. The van der Waals surface area contributed by atoms with Crippen molar-refractivity contribution in [1.82, 2.24) is 4.90 Å². The predicted molar refractivity (Wildman–Crippen MR) is 80.7 cm³/mol. The highest BCUT2D eigenvalue weighted by atomic mass is 19.1. The molecule has 1 aliphatic rings. The normalized spacial score (nSPS) is 16.0. The molecule has 1 aliphatic heterocycles. The maximum absolute atomic E-state index is 12.9. The van der Waals surface area contributed by atoms with Crippen LogP contribution in [0.1, 0.15) is 31.2 Å². The highest BCUT2D eigenvalue weighted by molar-refractivity contribution is 5.94. The van der Waals surface area contributed by atoms with Crippen LogP contribution in [0.4, 0.5) is 4.39 Å². The average Bonchev–Trinajstić information content (AvgIpc) is 2.54. The summed E-state index contributed by atoms with van der Waals surface area (Å²) >= 11 is 0. The first-order valence-corrected chi connectivity index (χ1v) is 7.49. The van der Waals surface area contributed by atoms with Gasteiger partial charge in [-0.3, -0.25) is 4.79 Å². The molecule has 1 amide bonds. The van der Waals surface area contributed by atoms with Crippen LogP contribution in [0.3, 0.4) is 0 Å². The summed E-state index contributed by atoms with van der Waals surface area (Å²) in [4.78, 5) is 24.9. The van der Waals surface area contributed by atoms with Gasteiger partial charge in [-0.25, -0.2) is 9.18 Å².